The normalized spacial score (nSPS) is 22.2. The van der Waals surface area contributed by atoms with Gasteiger partial charge >= 0.3 is 0 Å². The summed E-state index contributed by atoms with van der Waals surface area (Å²) >= 11 is 1.68. The number of piperazine rings is 1. The Hall–Kier alpha value is -1.36. The van der Waals surface area contributed by atoms with E-state index in [2.05, 4.69) is 11.4 Å². The Morgan fingerprint density at radius 1 is 1.40 bits per heavy atom. The Labute approximate surface area is 124 Å². The molecule has 110 valence electrons. The molecule has 2 heterocycles. The molecule has 20 heavy (non-hydrogen) atoms. The smallest absolute Gasteiger partial charge is 0.246 e. The van der Waals surface area contributed by atoms with Crippen LogP contribution in [-0.4, -0.2) is 34.8 Å². The Bertz CT molecular complexity index is 494. The summed E-state index contributed by atoms with van der Waals surface area (Å²) < 4.78 is 0. The molecule has 1 aliphatic rings. The topological polar surface area (TPSA) is 49.4 Å². The van der Waals surface area contributed by atoms with E-state index in [1.165, 1.54) is 4.88 Å². The maximum absolute atomic E-state index is 12.6. The quantitative estimate of drug-likeness (QED) is 0.924. The lowest BCUT2D eigenvalue weighted by molar-refractivity contribution is -0.156. The highest BCUT2D eigenvalue weighted by Gasteiger charge is 2.46. The van der Waals surface area contributed by atoms with Crippen LogP contribution in [0.1, 0.15) is 32.6 Å². The first-order chi connectivity index (χ1) is 9.34. The second kappa shape index (κ2) is 5.56. The molecule has 0 saturated carbocycles. The van der Waals surface area contributed by atoms with Gasteiger partial charge in [-0.15, -0.1) is 11.3 Å². The molecule has 1 saturated heterocycles. The fraction of sp³-hybridized carbons (Fsp3) is 0.600. The van der Waals surface area contributed by atoms with Crippen molar-refractivity contribution in [3.63, 3.8) is 0 Å². The number of rotatable bonds is 4. The van der Waals surface area contributed by atoms with E-state index >= 15 is 0 Å². The van der Waals surface area contributed by atoms with E-state index in [9.17, 15) is 9.59 Å². The van der Waals surface area contributed by atoms with E-state index < -0.39 is 11.6 Å². The number of thiophene rings is 1. The fourth-order valence-electron chi connectivity index (χ4n) is 2.46. The molecule has 2 rings (SSSR count). The molecule has 1 atom stereocenters. The predicted octanol–water partition coefficient (Wildman–Crippen LogP) is 2.05. The number of amides is 2. The van der Waals surface area contributed by atoms with Gasteiger partial charge in [0, 0.05) is 11.4 Å². The third-order valence-electron chi connectivity index (χ3n) is 3.88. The summed E-state index contributed by atoms with van der Waals surface area (Å²) in [6, 6.07) is 3.66. The first-order valence-electron chi connectivity index (χ1n) is 6.99. The average Bonchev–Trinajstić information content (AvgIpc) is 2.86. The number of hydrogen-bond acceptors (Lipinski definition) is 3. The lowest BCUT2D eigenvalue weighted by atomic mass is 9.91. The number of nitrogens with zero attached hydrogens (tertiary/aromatic N) is 1. The molecule has 1 fully saturated rings. The highest BCUT2D eigenvalue weighted by atomic mass is 32.1. The zero-order valence-corrected chi connectivity index (χ0v) is 13.3. The molecule has 4 nitrogen and oxygen atoms in total. The summed E-state index contributed by atoms with van der Waals surface area (Å²) in [6.07, 6.45) is 0.797. The van der Waals surface area contributed by atoms with Crippen molar-refractivity contribution in [3.05, 3.63) is 22.4 Å². The number of hydrogen-bond donors (Lipinski definition) is 1. The lowest BCUT2D eigenvalue weighted by Crippen LogP contribution is -2.69. The predicted molar refractivity (Wildman–Crippen MR) is 80.6 cm³/mol. The maximum atomic E-state index is 12.6. The van der Waals surface area contributed by atoms with Gasteiger partial charge in [-0.05, 0) is 37.6 Å². The first-order valence-corrected chi connectivity index (χ1v) is 7.87. The summed E-state index contributed by atoms with van der Waals surface area (Å²) in [7, 11) is 0. The molecule has 1 aromatic heterocycles. The van der Waals surface area contributed by atoms with Crippen LogP contribution >= 0.6 is 11.3 Å². The van der Waals surface area contributed by atoms with Crippen molar-refractivity contribution in [1.29, 1.82) is 0 Å². The van der Waals surface area contributed by atoms with Gasteiger partial charge in [-0.25, -0.2) is 0 Å². The number of carbonyl (C=O) groups excluding carboxylic acids is 2. The van der Waals surface area contributed by atoms with Crippen molar-refractivity contribution in [2.24, 2.45) is 5.92 Å². The third kappa shape index (κ3) is 2.73. The standard InChI is InChI=1S/C15H22N2O2S/c1-10(2)12-13(18)17(15(3,4)14(19)16-12)8-7-11-6-5-9-20-11/h5-6,9-10,12H,7-8H2,1-4H3,(H,16,19). The van der Waals surface area contributed by atoms with Crippen molar-refractivity contribution in [3.8, 4) is 0 Å². The Morgan fingerprint density at radius 2 is 2.10 bits per heavy atom. The van der Waals surface area contributed by atoms with Crippen LogP contribution in [0.25, 0.3) is 0 Å². The van der Waals surface area contributed by atoms with Crippen molar-refractivity contribution >= 4 is 23.2 Å². The van der Waals surface area contributed by atoms with E-state index in [0.717, 1.165) is 6.42 Å². The van der Waals surface area contributed by atoms with Gasteiger partial charge < -0.3 is 10.2 Å². The van der Waals surface area contributed by atoms with E-state index in [0.29, 0.717) is 6.54 Å². The molecule has 0 aliphatic carbocycles. The van der Waals surface area contributed by atoms with Crippen molar-refractivity contribution < 1.29 is 9.59 Å². The summed E-state index contributed by atoms with van der Waals surface area (Å²) in [5, 5.41) is 4.88. The molecule has 1 unspecified atom stereocenters. The second-order valence-electron chi connectivity index (χ2n) is 6.07. The Balaban J connectivity index is 2.16. The second-order valence-corrected chi connectivity index (χ2v) is 7.11. The van der Waals surface area contributed by atoms with Crippen LogP contribution in [-0.2, 0) is 16.0 Å². The van der Waals surface area contributed by atoms with E-state index in [-0.39, 0.29) is 17.7 Å². The van der Waals surface area contributed by atoms with Crippen LogP contribution in [0.5, 0.6) is 0 Å². The largest absolute Gasteiger partial charge is 0.342 e. The summed E-state index contributed by atoms with van der Waals surface area (Å²) in [5.41, 5.74) is -0.778. The van der Waals surface area contributed by atoms with Gasteiger partial charge in [0.15, 0.2) is 0 Å². The minimum absolute atomic E-state index is 0.0288. The summed E-state index contributed by atoms with van der Waals surface area (Å²) in [5.74, 6) is 0.0647. The monoisotopic (exact) mass is 294 g/mol. The first kappa shape index (κ1) is 15.0. The molecule has 0 aromatic carbocycles. The van der Waals surface area contributed by atoms with Crippen LogP contribution in [0.3, 0.4) is 0 Å². The zero-order valence-electron chi connectivity index (χ0n) is 12.5. The zero-order chi connectivity index (χ0) is 14.9. The lowest BCUT2D eigenvalue weighted by Gasteiger charge is -2.45. The third-order valence-corrected chi connectivity index (χ3v) is 4.81. The minimum Gasteiger partial charge on any atom is -0.342 e. The van der Waals surface area contributed by atoms with E-state index in [4.69, 9.17) is 0 Å². The van der Waals surface area contributed by atoms with Gasteiger partial charge in [0.25, 0.3) is 0 Å². The average molecular weight is 294 g/mol. The van der Waals surface area contributed by atoms with Gasteiger partial charge in [0.05, 0.1) is 0 Å². The summed E-state index contributed by atoms with van der Waals surface area (Å²) in [4.78, 5) is 27.8. The Morgan fingerprint density at radius 3 is 2.65 bits per heavy atom. The van der Waals surface area contributed by atoms with Gasteiger partial charge in [0.2, 0.25) is 11.8 Å². The molecular weight excluding hydrogens is 272 g/mol. The van der Waals surface area contributed by atoms with Crippen molar-refractivity contribution in [1.82, 2.24) is 10.2 Å². The highest BCUT2D eigenvalue weighted by Crippen LogP contribution is 2.24. The Kier molecular flexibility index (Phi) is 4.18. The molecule has 0 bridgehead atoms. The van der Waals surface area contributed by atoms with Gasteiger partial charge in [-0.3, -0.25) is 9.59 Å². The van der Waals surface area contributed by atoms with Gasteiger partial charge in [-0.2, -0.15) is 0 Å². The number of nitrogens with one attached hydrogen (secondary N) is 1. The molecule has 0 spiro atoms. The van der Waals surface area contributed by atoms with Gasteiger partial charge in [0.1, 0.15) is 11.6 Å². The molecule has 2 amide bonds. The molecule has 0 radical (unpaired) electrons. The molecule has 1 aromatic rings. The minimum atomic E-state index is -0.778. The van der Waals surface area contributed by atoms with Crippen LogP contribution in [0.15, 0.2) is 17.5 Å². The van der Waals surface area contributed by atoms with Gasteiger partial charge in [-0.1, -0.05) is 19.9 Å². The SMILES string of the molecule is CC(C)C1NC(=O)C(C)(C)N(CCc2cccs2)C1=O. The summed E-state index contributed by atoms with van der Waals surface area (Å²) in [6.45, 7) is 8.12. The maximum Gasteiger partial charge on any atom is 0.246 e. The fourth-order valence-corrected chi connectivity index (χ4v) is 3.16. The van der Waals surface area contributed by atoms with Crippen LogP contribution in [0, 0.1) is 5.92 Å². The van der Waals surface area contributed by atoms with Crippen molar-refractivity contribution in [2.45, 2.75) is 45.7 Å². The van der Waals surface area contributed by atoms with Crippen LogP contribution < -0.4 is 5.32 Å². The molecular formula is C15H22N2O2S. The number of carbonyl (C=O) groups is 2. The van der Waals surface area contributed by atoms with Crippen LogP contribution in [0.2, 0.25) is 0 Å². The van der Waals surface area contributed by atoms with E-state index in [1.807, 2.05) is 39.1 Å². The molecule has 1 N–H and O–H groups in total. The highest BCUT2D eigenvalue weighted by molar-refractivity contribution is 7.09. The molecule has 1 aliphatic heterocycles. The van der Waals surface area contributed by atoms with E-state index in [1.54, 1.807) is 16.2 Å². The molecule has 5 heteroatoms. The van der Waals surface area contributed by atoms with Crippen LogP contribution in [0.4, 0.5) is 0 Å². The van der Waals surface area contributed by atoms with Crippen molar-refractivity contribution in [2.75, 3.05) is 6.54 Å².